The van der Waals surface area contributed by atoms with Gasteiger partial charge < -0.3 is 4.74 Å². The summed E-state index contributed by atoms with van der Waals surface area (Å²) in [5, 5.41) is 2.88. The molecule has 2 aromatic carbocycles. The zero-order valence-electron chi connectivity index (χ0n) is 15.3. The average molecular weight is 443 g/mol. The molecule has 8 heteroatoms. The molecular formula is C21H15ClN2O3S2. The lowest BCUT2D eigenvalue weighted by Gasteiger charge is -2.12. The number of thiophene rings is 1. The summed E-state index contributed by atoms with van der Waals surface area (Å²) < 4.78 is 7.32. The molecule has 2 heterocycles. The van der Waals surface area contributed by atoms with Crippen LogP contribution in [0.25, 0.3) is 15.9 Å². The molecule has 0 amide bonds. The molecule has 0 bridgehead atoms. The van der Waals surface area contributed by atoms with Gasteiger partial charge in [0.25, 0.3) is 5.56 Å². The standard InChI is InChI=1S/C21H15ClN2O3S2/c1-27-16-8-6-15(7-9-16)24-20(26)19-17(10-11-28-19)23-21(24)29-12-18(25)13-2-4-14(22)5-3-13/h2-11H,12H2,1H3. The first kappa shape index (κ1) is 19.7. The zero-order chi connectivity index (χ0) is 20.4. The predicted molar refractivity (Wildman–Crippen MR) is 118 cm³/mol. The molecule has 4 aromatic rings. The van der Waals surface area contributed by atoms with Crippen LogP contribution in [0.1, 0.15) is 10.4 Å². The lowest BCUT2D eigenvalue weighted by molar-refractivity contribution is 0.102. The van der Waals surface area contributed by atoms with Gasteiger partial charge in [-0.1, -0.05) is 23.4 Å². The van der Waals surface area contributed by atoms with Crippen LogP contribution in [0.5, 0.6) is 5.75 Å². The highest BCUT2D eigenvalue weighted by atomic mass is 35.5. The SMILES string of the molecule is COc1ccc(-n2c(SCC(=O)c3ccc(Cl)cc3)nc3ccsc3c2=O)cc1. The maximum Gasteiger partial charge on any atom is 0.276 e. The Bertz CT molecular complexity index is 1230. The number of fused-ring (bicyclic) bond motifs is 1. The molecule has 0 aliphatic rings. The molecule has 146 valence electrons. The molecule has 4 rings (SSSR count). The van der Waals surface area contributed by atoms with E-state index < -0.39 is 0 Å². The number of ether oxygens (including phenoxy) is 1. The Morgan fingerprint density at radius 3 is 2.55 bits per heavy atom. The van der Waals surface area contributed by atoms with Crippen LogP contribution < -0.4 is 10.3 Å². The number of benzene rings is 2. The minimum absolute atomic E-state index is 0.0624. The van der Waals surface area contributed by atoms with Crippen LogP contribution in [0.2, 0.25) is 5.02 Å². The van der Waals surface area contributed by atoms with Crippen molar-refractivity contribution in [3.05, 3.63) is 80.9 Å². The van der Waals surface area contributed by atoms with Crippen LogP contribution in [-0.4, -0.2) is 28.2 Å². The maximum atomic E-state index is 13.1. The van der Waals surface area contributed by atoms with Crippen molar-refractivity contribution in [1.29, 1.82) is 0 Å². The van der Waals surface area contributed by atoms with Crippen molar-refractivity contribution < 1.29 is 9.53 Å². The average Bonchev–Trinajstić information content (AvgIpc) is 3.22. The largest absolute Gasteiger partial charge is 0.497 e. The zero-order valence-corrected chi connectivity index (χ0v) is 17.7. The van der Waals surface area contributed by atoms with Gasteiger partial charge in [-0.3, -0.25) is 14.2 Å². The van der Waals surface area contributed by atoms with Gasteiger partial charge in [0.15, 0.2) is 10.9 Å². The quantitative estimate of drug-likeness (QED) is 0.236. The number of halogens is 1. The fraction of sp³-hybridized carbons (Fsp3) is 0.0952. The summed E-state index contributed by atoms with van der Waals surface area (Å²) in [5.41, 5.74) is 1.71. The molecule has 0 aliphatic carbocycles. The van der Waals surface area contributed by atoms with Gasteiger partial charge >= 0.3 is 0 Å². The van der Waals surface area contributed by atoms with Crippen LogP contribution in [0.15, 0.2) is 69.9 Å². The second-order valence-electron chi connectivity index (χ2n) is 6.09. The third kappa shape index (κ3) is 4.07. The fourth-order valence-corrected chi connectivity index (χ4v) is 4.59. The molecule has 0 fully saturated rings. The molecular weight excluding hydrogens is 428 g/mol. The first-order valence-electron chi connectivity index (χ1n) is 8.63. The first-order valence-corrected chi connectivity index (χ1v) is 10.9. The van der Waals surface area contributed by atoms with E-state index >= 15 is 0 Å². The Hall–Kier alpha value is -2.61. The molecule has 0 atom stereocenters. The molecule has 0 saturated heterocycles. The van der Waals surface area contributed by atoms with Gasteiger partial charge in [-0.05, 0) is 60.0 Å². The molecule has 0 aliphatic heterocycles. The van der Waals surface area contributed by atoms with Crippen molar-refractivity contribution in [2.75, 3.05) is 12.9 Å². The number of thioether (sulfide) groups is 1. The monoisotopic (exact) mass is 442 g/mol. The Morgan fingerprint density at radius 1 is 1.14 bits per heavy atom. The van der Waals surface area contributed by atoms with Gasteiger partial charge in [0.2, 0.25) is 0 Å². The number of methoxy groups -OCH3 is 1. The Morgan fingerprint density at radius 2 is 1.86 bits per heavy atom. The summed E-state index contributed by atoms with van der Waals surface area (Å²) in [4.78, 5) is 30.3. The van der Waals surface area contributed by atoms with Crippen molar-refractivity contribution >= 4 is 50.7 Å². The minimum atomic E-state index is -0.156. The van der Waals surface area contributed by atoms with Gasteiger partial charge in [0, 0.05) is 10.6 Å². The smallest absolute Gasteiger partial charge is 0.276 e. The number of nitrogens with zero attached hydrogens (tertiary/aromatic N) is 2. The van der Waals surface area contributed by atoms with Gasteiger partial charge in [-0.25, -0.2) is 4.98 Å². The fourth-order valence-electron chi connectivity index (χ4n) is 2.80. The van der Waals surface area contributed by atoms with Crippen LogP contribution in [-0.2, 0) is 0 Å². The molecule has 29 heavy (non-hydrogen) atoms. The summed E-state index contributed by atoms with van der Waals surface area (Å²) in [6, 6.07) is 15.7. The van der Waals surface area contributed by atoms with E-state index in [2.05, 4.69) is 4.98 Å². The van der Waals surface area contributed by atoms with Gasteiger partial charge in [-0.15, -0.1) is 11.3 Å². The summed E-state index contributed by atoms with van der Waals surface area (Å²) in [7, 11) is 1.59. The van der Waals surface area contributed by atoms with Crippen LogP contribution >= 0.6 is 34.7 Å². The highest BCUT2D eigenvalue weighted by Gasteiger charge is 2.16. The highest BCUT2D eigenvalue weighted by molar-refractivity contribution is 7.99. The number of Topliss-reactive ketones (excluding diaryl/α,β-unsaturated/α-hetero) is 1. The number of rotatable bonds is 6. The van der Waals surface area contributed by atoms with Crippen molar-refractivity contribution in [2.45, 2.75) is 5.16 Å². The van der Waals surface area contributed by atoms with Crippen LogP contribution in [0.3, 0.4) is 0 Å². The molecule has 0 radical (unpaired) electrons. The summed E-state index contributed by atoms with van der Waals surface area (Å²) in [5.74, 6) is 0.784. The Labute approximate surface area is 179 Å². The number of aromatic nitrogens is 2. The van der Waals surface area contributed by atoms with E-state index in [4.69, 9.17) is 16.3 Å². The third-order valence-electron chi connectivity index (χ3n) is 4.28. The van der Waals surface area contributed by atoms with Gasteiger partial charge in [-0.2, -0.15) is 0 Å². The van der Waals surface area contributed by atoms with Crippen molar-refractivity contribution in [3.8, 4) is 11.4 Å². The van der Waals surface area contributed by atoms with E-state index in [0.717, 1.165) is 0 Å². The Balaban J connectivity index is 1.71. The van der Waals surface area contributed by atoms with Gasteiger partial charge in [0.05, 0.1) is 24.1 Å². The molecule has 0 unspecified atom stereocenters. The van der Waals surface area contributed by atoms with Crippen LogP contribution in [0, 0.1) is 0 Å². The van der Waals surface area contributed by atoms with E-state index in [1.807, 2.05) is 11.4 Å². The van der Waals surface area contributed by atoms with E-state index in [-0.39, 0.29) is 17.1 Å². The molecule has 0 spiro atoms. The maximum absolute atomic E-state index is 13.1. The van der Waals surface area contributed by atoms with E-state index in [9.17, 15) is 9.59 Å². The molecule has 2 aromatic heterocycles. The number of hydrogen-bond acceptors (Lipinski definition) is 6. The van der Waals surface area contributed by atoms with Gasteiger partial charge in [0.1, 0.15) is 10.4 Å². The minimum Gasteiger partial charge on any atom is -0.497 e. The van der Waals surface area contributed by atoms with Crippen molar-refractivity contribution in [3.63, 3.8) is 0 Å². The molecule has 0 saturated carbocycles. The molecule has 0 N–H and O–H groups in total. The van der Waals surface area contributed by atoms with E-state index in [1.165, 1.54) is 27.7 Å². The predicted octanol–water partition coefficient (Wildman–Crippen LogP) is 5.08. The van der Waals surface area contributed by atoms with E-state index in [0.29, 0.717) is 37.4 Å². The normalized spacial score (nSPS) is 11.0. The number of carbonyl (C=O) groups excluding carboxylic acids is 1. The van der Waals surface area contributed by atoms with Crippen molar-refractivity contribution in [1.82, 2.24) is 9.55 Å². The molecule has 5 nitrogen and oxygen atoms in total. The lowest BCUT2D eigenvalue weighted by atomic mass is 10.1. The summed E-state index contributed by atoms with van der Waals surface area (Å²) in [6.07, 6.45) is 0. The first-order chi connectivity index (χ1) is 14.1. The Kier molecular flexibility index (Phi) is 5.71. The van der Waals surface area contributed by atoms with Crippen LogP contribution in [0.4, 0.5) is 0 Å². The number of carbonyl (C=O) groups is 1. The topological polar surface area (TPSA) is 61.2 Å². The number of ketones is 1. The lowest BCUT2D eigenvalue weighted by Crippen LogP contribution is -2.21. The summed E-state index contributed by atoms with van der Waals surface area (Å²) in [6.45, 7) is 0. The van der Waals surface area contributed by atoms with E-state index in [1.54, 1.807) is 55.6 Å². The summed E-state index contributed by atoms with van der Waals surface area (Å²) >= 11 is 8.48. The second-order valence-corrected chi connectivity index (χ2v) is 8.38. The second kappa shape index (κ2) is 8.41. The third-order valence-corrected chi connectivity index (χ3v) is 6.36. The highest BCUT2D eigenvalue weighted by Crippen LogP contribution is 2.25. The van der Waals surface area contributed by atoms with Crippen molar-refractivity contribution in [2.24, 2.45) is 0 Å². The number of hydrogen-bond donors (Lipinski definition) is 0.